The van der Waals surface area contributed by atoms with Crippen LogP contribution in [0, 0.1) is 34.5 Å². The van der Waals surface area contributed by atoms with Crippen molar-refractivity contribution in [1.82, 2.24) is 0 Å². The number of aliphatic hydroxyl groups excluding tert-OH is 1. The van der Waals surface area contributed by atoms with Crippen LogP contribution in [0.25, 0.3) is 0 Å². The Hall–Kier alpha value is -0.363. The molecule has 0 amide bonds. The molecule has 37 heavy (non-hydrogen) atoms. The van der Waals surface area contributed by atoms with Gasteiger partial charge in [0.15, 0.2) is 14.1 Å². The Balaban J connectivity index is 1.53. The monoisotopic (exact) mass is 560 g/mol. The molecule has 0 heterocycles. The van der Waals surface area contributed by atoms with Gasteiger partial charge in [-0.3, -0.25) is 9.35 Å². The molecule has 0 bridgehead atoms. The first-order valence-corrected chi connectivity index (χ1v) is 18.3. The van der Waals surface area contributed by atoms with Gasteiger partial charge < -0.3 is 14.6 Å². The zero-order valence-corrected chi connectivity index (χ0v) is 25.4. The van der Waals surface area contributed by atoms with Crippen LogP contribution >= 0.6 is 0 Å². The lowest BCUT2D eigenvalue weighted by Crippen LogP contribution is -2.63. The summed E-state index contributed by atoms with van der Waals surface area (Å²) in [5.74, 6) is 0.0757. The van der Waals surface area contributed by atoms with Gasteiger partial charge in [-0.1, -0.05) is 34.6 Å². The predicted molar refractivity (Wildman–Crippen MR) is 143 cm³/mol. The first-order valence-electron chi connectivity index (χ1n) is 14.0. The van der Waals surface area contributed by atoms with Crippen LogP contribution in [0.1, 0.15) is 86.0 Å². The van der Waals surface area contributed by atoms with E-state index in [-0.39, 0.29) is 40.7 Å². The highest BCUT2D eigenvalue weighted by Crippen LogP contribution is 2.68. The Kier molecular flexibility index (Phi) is 7.48. The van der Waals surface area contributed by atoms with Crippen LogP contribution in [-0.4, -0.2) is 61.7 Å². The Morgan fingerprint density at radius 2 is 1.73 bits per heavy atom. The third-order valence-corrected chi connectivity index (χ3v) is 16.7. The molecule has 0 aromatic rings. The zero-order valence-electron chi connectivity index (χ0n) is 23.6. The lowest BCUT2D eigenvalue weighted by molar-refractivity contribution is -0.202. The van der Waals surface area contributed by atoms with E-state index in [1.165, 1.54) is 0 Å². The molecule has 214 valence electrons. The highest BCUT2D eigenvalue weighted by molar-refractivity contribution is 7.80. The van der Waals surface area contributed by atoms with Crippen LogP contribution in [0.5, 0.6) is 0 Å². The molecule has 0 aromatic carbocycles. The van der Waals surface area contributed by atoms with Crippen LogP contribution in [0.15, 0.2) is 0 Å². The molecule has 0 aromatic heterocycles. The molecule has 4 rings (SSSR count). The molecule has 0 unspecified atom stereocenters. The van der Waals surface area contributed by atoms with Crippen molar-refractivity contribution in [3.63, 3.8) is 0 Å². The number of hydrogen-bond acceptors (Lipinski definition) is 7. The topological polar surface area (TPSA) is 130 Å². The van der Waals surface area contributed by atoms with E-state index < -0.39 is 48.2 Å². The lowest BCUT2D eigenvalue weighted by Gasteiger charge is -2.63. The molecule has 8 nitrogen and oxygen atoms in total. The summed E-state index contributed by atoms with van der Waals surface area (Å²) in [6.45, 7) is 14.7. The number of carbonyl (C=O) groups is 1. The van der Waals surface area contributed by atoms with Gasteiger partial charge in [0.25, 0.3) is 0 Å². The molecular weight excluding hydrogens is 512 g/mol. The van der Waals surface area contributed by atoms with Gasteiger partial charge in [-0.05, 0) is 98.6 Å². The summed E-state index contributed by atoms with van der Waals surface area (Å²) in [7, 11) is -6.66. The highest BCUT2D eigenvalue weighted by Gasteiger charge is 2.69. The van der Waals surface area contributed by atoms with Gasteiger partial charge in [-0.25, -0.2) is 4.18 Å². The van der Waals surface area contributed by atoms with Gasteiger partial charge in [0.05, 0.1) is 6.10 Å². The molecule has 0 saturated heterocycles. The van der Waals surface area contributed by atoms with E-state index in [9.17, 15) is 23.4 Å². The van der Waals surface area contributed by atoms with Crippen molar-refractivity contribution in [2.75, 3.05) is 6.61 Å². The van der Waals surface area contributed by atoms with Crippen molar-refractivity contribution in [3.05, 3.63) is 0 Å². The van der Waals surface area contributed by atoms with E-state index in [1.807, 2.05) is 6.92 Å². The molecule has 10 heteroatoms. The van der Waals surface area contributed by atoms with E-state index in [1.54, 1.807) is 0 Å². The predicted octanol–water partition coefficient (Wildman–Crippen LogP) is 4.51. The fraction of sp³-hybridized carbons (Fsp3) is 0.963. The SMILES string of the molecule is CC(C)(C)[Si](C)(C)O[C@@H]1CC[C@@]2(C)[C@H](CC[C@@H]3[C@@H]2[C@@H](O)C[C@@]2(C)[C@H]3CC[C@]2(O)C(=O)COS(=O)(=O)O)C1. The van der Waals surface area contributed by atoms with Crippen LogP contribution in [0.3, 0.4) is 0 Å². The van der Waals surface area contributed by atoms with Crippen LogP contribution in [-0.2, 0) is 23.8 Å². The average Bonchev–Trinajstić information content (AvgIpc) is 3.02. The number of aliphatic hydroxyl groups is 2. The van der Waals surface area contributed by atoms with E-state index >= 15 is 0 Å². The molecule has 0 radical (unpaired) electrons. The lowest BCUT2D eigenvalue weighted by atomic mass is 9.43. The van der Waals surface area contributed by atoms with Crippen molar-refractivity contribution in [3.8, 4) is 0 Å². The number of Topliss-reactive ketones (excluding diaryl/α,β-unsaturated/α-hetero) is 1. The average molecular weight is 561 g/mol. The summed E-state index contributed by atoms with van der Waals surface area (Å²) < 4.78 is 42.1. The van der Waals surface area contributed by atoms with Gasteiger partial charge >= 0.3 is 10.4 Å². The third-order valence-electron chi connectivity index (χ3n) is 11.8. The zero-order chi connectivity index (χ0) is 27.8. The van der Waals surface area contributed by atoms with Gasteiger partial charge in [0.1, 0.15) is 12.2 Å². The molecule has 0 aliphatic heterocycles. The Morgan fingerprint density at radius 1 is 1.08 bits per heavy atom. The Morgan fingerprint density at radius 3 is 2.32 bits per heavy atom. The summed E-state index contributed by atoms with van der Waals surface area (Å²) in [6, 6.07) is 0. The second-order valence-corrected chi connectivity index (χ2v) is 20.4. The largest absolute Gasteiger partial charge is 0.414 e. The molecule has 4 saturated carbocycles. The van der Waals surface area contributed by atoms with Crippen LogP contribution < -0.4 is 0 Å². The maximum Gasteiger partial charge on any atom is 0.397 e. The molecule has 4 aliphatic rings. The smallest absolute Gasteiger partial charge is 0.397 e. The minimum atomic E-state index is -4.79. The third kappa shape index (κ3) is 4.91. The standard InChI is InChI=1S/C27H48O8SSi/c1-24(2,3)37(6,7)35-18-10-12-25(4)17(14-18)8-9-19-20-11-13-27(30,22(29)16-34-36(31,32)33)26(20,5)15-21(28)23(19)25/h17-21,23,28,30H,8-16H2,1-7H3,(H,31,32,33)/t17-,18-,19+,20+,21+,23-,25+,26+,27+/m1/s1. The molecule has 0 spiro atoms. The molecule has 3 N–H and O–H groups in total. The van der Waals surface area contributed by atoms with E-state index in [4.69, 9.17) is 8.98 Å². The van der Waals surface area contributed by atoms with Crippen molar-refractivity contribution >= 4 is 24.5 Å². The van der Waals surface area contributed by atoms with Crippen molar-refractivity contribution in [1.29, 1.82) is 0 Å². The minimum Gasteiger partial charge on any atom is -0.414 e. The van der Waals surface area contributed by atoms with Gasteiger partial charge in [0, 0.05) is 11.5 Å². The normalized spacial score (nSPS) is 44.6. The summed E-state index contributed by atoms with van der Waals surface area (Å²) in [5, 5.41) is 23.4. The summed E-state index contributed by atoms with van der Waals surface area (Å²) in [5.41, 5.74) is -2.68. The quantitative estimate of drug-likeness (QED) is 0.320. The van der Waals surface area contributed by atoms with E-state index in [0.29, 0.717) is 18.8 Å². The summed E-state index contributed by atoms with van der Waals surface area (Å²) >= 11 is 0. The highest BCUT2D eigenvalue weighted by atomic mass is 32.3. The van der Waals surface area contributed by atoms with Crippen molar-refractivity contribution in [2.24, 2.45) is 34.5 Å². The maximum absolute atomic E-state index is 13.0. The molecule has 9 atom stereocenters. The van der Waals surface area contributed by atoms with Crippen LogP contribution in [0.2, 0.25) is 18.1 Å². The second kappa shape index (κ2) is 9.35. The van der Waals surface area contributed by atoms with E-state index in [2.05, 4.69) is 45.0 Å². The number of fused-ring (bicyclic) bond motifs is 5. The number of rotatable bonds is 6. The number of hydrogen-bond donors (Lipinski definition) is 3. The van der Waals surface area contributed by atoms with E-state index in [0.717, 1.165) is 32.1 Å². The fourth-order valence-corrected chi connectivity index (χ4v) is 10.4. The van der Waals surface area contributed by atoms with Crippen molar-refractivity contribution in [2.45, 2.75) is 122 Å². The van der Waals surface area contributed by atoms with Gasteiger partial charge in [0.2, 0.25) is 0 Å². The Labute approximate surface area is 224 Å². The molecule has 4 fully saturated rings. The van der Waals surface area contributed by atoms with Crippen molar-refractivity contribution < 1.29 is 36.6 Å². The number of carbonyl (C=O) groups excluding carboxylic acids is 1. The molecular formula is C27H48O8SSi. The summed E-state index contributed by atoms with van der Waals surface area (Å²) in [4.78, 5) is 13.0. The summed E-state index contributed by atoms with van der Waals surface area (Å²) in [6.07, 6.45) is 5.77. The first-order chi connectivity index (χ1) is 16.8. The fourth-order valence-electron chi connectivity index (χ4n) is 8.75. The second-order valence-electron chi connectivity index (χ2n) is 14.6. The first kappa shape index (κ1) is 29.6. The van der Waals surface area contributed by atoms with Gasteiger partial charge in [-0.2, -0.15) is 8.42 Å². The Bertz CT molecular complexity index is 1010. The maximum atomic E-state index is 13.0. The van der Waals surface area contributed by atoms with Crippen LogP contribution in [0.4, 0.5) is 0 Å². The minimum absolute atomic E-state index is 0.0181. The molecule has 4 aliphatic carbocycles. The number of ketones is 1. The van der Waals surface area contributed by atoms with Gasteiger partial charge in [-0.15, -0.1) is 0 Å².